The van der Waals surface area contributed by atoms with Crippen LogP contribution in [0.3, 0.4) is 0 Å². The topological polar surface area (TPSA) is 12.9 Å². The maximum atomic E-state index is 13.3. The first-order valence-corrected chi connectivity index (χ1v) is 5.14. The van der Waals surface area contributed by atoms with Gasteiger partial charge < -0.3 is 0 Å². The smallest absolute Gasteiger partial charge is 0.135 e. The van der Waals surface area contributed by atoms with Crippen LogP contribution in [0.5, 0.6) is 0 Å². The minimum absolute atomic E-state index is 0.312. The molecule has 0 amide bonds. The Bertz CT molecular complexity index is 441. The average molecular weight is 221 g/mol. The monoisotopic (exact) mass is 221 g/mol. The zero-order valence-corrected chi connectivity index (χ0v) is 9.24. The van der Waals surface area contributed by atoms with Gasteiger partial charge in [-0.1, -0.05) is 19.9 Å². The molecule has 0 radical (unpaired) electrons. The van der Waals surface area contributed by atoms with Gasteiger partial charge in [-0.05, 0) is 24.3 Å². The Morgan fingerprint density at radius 1 is 1.00 bits per heavy atom. The van der Waals surface area contributed by atoms with E-state index in [9.17, 15) is 8.78 Å². The van der Waals surface area contributed by atoms with Crippen LogP contribution in [-0.2, 0) is 0 Å². The summed E-state index contributed by atoms with van der Waals surface area (Å²) in [6.45, 7) is 4.00. The van der Waals surface area contributed by atoms with Gasteiger partial charge in [0.25, 0.3) is 0 Å². The summed E-state index contributed by atoms with van der Waals surface area (Å²) in [6, 6.07) is 8.62. The fourth-order valence-corrected chi connectivity index (χ4v) is 1.22. The minimum atomic E-state index is -0.594. The van der Waals surface area contributed by atoms with E-state index in [1.807, 2.05) is 13.8 Å². The first-order chi connectivity index (χ1) is 7.77. The Labute approximate surface area is 93.8 Å². The van der Waals surface area contributed by atoms with Gasteiger partial charge in [-0.3, -0.25) is 4.98 Å². The van der Waals surface area contributed by atoms with Crippen molar-refractivity contribution in [3.8, 4) is 11.3 Å². The van der Waals surface area contributed by atoms with E-state index in [1.54, 1.807) is 24.4 Å². The molecule has 0 aliphatic heterocycles. The molecule has 84 valence electrons. The number of aromatic nitrogens is 1. The predicted molar refractivity (Wildman–Crippen MR) is 60.9 cm³/mol. The van der Waals surface area contributed by atoms with Crippen LogP contribution in [-0.4, -0.2) is 4.98 Å². The lowest BCUT2D eigenvalue weighted by Gasteiger charge is -2.01. The van der Waals surface area contributed by atoms with Crippen molar-refractivity contribution >= 4 is 0 Å². The van der Waals surface area contributed by atoms with E-state index >= 15 is 0 Å². The summed E-state index contributed by atoms with van der Waals surface area (Å²) in [4.78, 5) is 3.98. The van der Waals surface area contributed by atoms with Gasteiger partial charge in [0, 0.05) is 17.8 Å². The maximum Gasteiger partial charge on any atom is 0.135 e. The van der Waals surface area contributed by atoms with Gasteiger partial charge >= 0.3 is 0 Å². The number of pyridine rings is 1. The van der Waals surface area contributed by atoms with Gasteiger partial charge in [0.05, 0.1) is 5.69 Å². The Kier molecular flexibility index (Phi) is 4.58. The molecule has 0 unspecified atom stereocenters. The lowest BCUT2D eigenvalue weighted by atomic mass is 10.1. The molecule has 0 aliphatic carbocycles. The van der Waals surface area contributed by atoms with Crippen molar-refractivity contribution in [1.82, 2.24) is 4.98 Å². The molecule has 0 spiro atoms. The minimum Gasteiger partial charge on any atom is -0.256 e. The third-order valence-corrected chi connectivity index (χ3v) is 1.87. The molecule has 1 aromatic heterocycles. The molecule has 0 aliphatic rings. The Morgan fingerprint density at radius 2 is 1.75 bits per heavy atom. The number of hydrogen-bond acceptors (Lipinski definition) is 1. The lowest BCUT2D eigenvalue weighted by molar-refractivity contribution is 0.585. The molecule has 16 heavy (non-hydrogen) atoms. The molecule has 0 atom stereocenters. The zero-order valence-electron chi connectivity index (χ0n) is 9.24. The summed E-state index contributed by atoms with van der Waals surface area (Å²) in [5.74, 6) is -1.18. The first kappa shape index (κ1) is 12.3. The lowest BCUT2D eigenvalue weighted by Crippen LogP contribution is -1.88. The van der Waals surface area contributed by atoms with Crippen molar-refractivity contribution in [1.29, 1.82) is 0 Å². The second-order valence-corrected chi connectivity index (χ2v) is 2.84. The van der Waals surface area contributed by atoms with Crippen molar-refractivity contribution in [2.75, 3.05) is 0 Å². The van der Waals surface area contributed by atoms with Crippen LogP contribution in [0.4, 0.5) is 8.78 Å². The SMILES string of the molecule is CC.Fc1ccc(-c2ccccn2)c(F)c1. The highest BCUT2D eigenvalue weighted by Crippen LogP contribution is 2.20. The largest absolute Gasteiger partial charge is 0.256 e. The first-order valence-electron chi connectivity index (χ1n) is 5.14. The molecule has 1 nitrogen and oxygen atoms in total. The van der Waals surface area contributed by atoms with Crippen molar-refractivity contribution < 1.29 is 8.78 Å². The highest BCUT2D eigenvalue weighted by atomic mass is 19.1. The van der Waals surface area contributed by atoms with Gasteiger partial charge in [0.15, 0.2) is 0 Å². The Balaban J connectivity index is 0.000000606. The predicted octanol–water partition coefficient (Wildman–Crippen LogP) is 4.05. The molecule has 3 heteroatoms. The van der Waals surface area contributed by atoms with E-state index in [-0.39, 0.29) is 0 Å². The molecular weight excluding hydrogens is 208 g/mol. The van der Waals surface area contributed by atoms with Crippen molar-refractivity contribution in [2.45, 2.75) is 13.8 Å². The molecule has 0 saturated heterocycles. The summed E-state index contributed by atoms with van der Waals surface area (Å²) in [5.41, 5.74) is 0.817. The molecule has 2 aromatic rings. The van der Waals surface area contributed by atoms with E-state index in [4.69, 9.17) is 0 Å². The molecule has 0 N–H and O–H groups in total. The van der Waals surface area contributed by atoms with Gasteiger partial charge in [-0.15, -0.1) is 0 Å². The van der Waals surface area contributed by atoms with E-state index in [0.717, 1.165) is 6.07 Å². The van der Waals surface area contributed by atoms with E-state index < -0.39 is 11.6 Å². The van der Waals surface area contributed by atoms with Gasteiger partial charge in [0.1, 0.15) is 11.6 Å². The normalized spacial score (nSPS) is 9.25. The molecule has 2 rings (SSSR count). The highest BCUT2D eigenvalue weighted by molar-refractivity contribution is 5.59. The molecular formula is C13H13F2N. The summed E-state index contributed by atoms with van der Waals surface area (Å²) in [7, 11) is 0. The van der Waals surface area contributed by atoms with Gasteiger partial charge in [0.2, 0.25) is 0 Å². The zero-order chi connectivity index (χ0) is 12.0. The quantitative estimate of drug-likeness (QED) is 0.707. The van der Waals surface area contributed by atoms with Gasteiger partial charge in [-0.2, -0.15) is 0 Å². The second-order valence-electron chi connectivity index (χ2n) is 2.84. The molecule has 1 aromatic carbocycles. The van der Waals surface area contributed by atoms with Crippen molar-refractivity contribution in [3.63, 3.8) is 0 Å². The van der Waals surface area contributed by atoms with Crippen LogP contribution < -0.4 is 0 Å². The summed E-state index contributed by atoms with van der Waals surface area (Å²) < 4.78 is 25.9. The molecule has 0 fully saturated rings. The van der Waals surface area contributed by atoms with Crippen LogP contribution in [0.15, 0.2) is 42.6 Å². The Hall–Kier alpha value is -1.77. The summed E-state index contributed by atoms with van der Waals surface area (Å²) in [5, 5.41) is 0. The fraction of sp³-hybridized carbons (Fsp3) is 0.154. The van der Waals surface area contributed by atoms with Gasteiger partial charge in [-0.25, -0.2) is 8.78 Å². The number of hydrogen-bond donors (Lipinski definition) is 0. The van der Waals surface area contributed by atoms with E-state index in [2.05, 4.69) is 4.98 Å². The van der Waals surface area contributed by atoms with Crippen molar-refractivity contribution in [3.05, 3.63) is 54.2 Å². The van der Waals surface area contributed by atoms with Crippen LogP contribution in [0.1, 0.15) is 13.8 Å². The number of nitrogens with zero attached hydrogens (tertiary/aromatic N) is 1. The van der Waals surface area contributed by atoms with E-state index in [1.165, 1.54) is 12.1 Å². The number of halogens is 2. The molecule has 0 saturated carbocycles. The maximum absolute atomic E-state index is 13.3. The van der Waals surface area contributed by atoms with Crippen LogP contribution in [0.2, 0.25) is 0 Å². The van der Waals surface area contributed by atoms with Crippen LogP contribution >= 0.6 is 0 Å². The third kappa shape index (κ3) is 2.86. The molecule has 1 heterocycles. The molecule has 0 bridgehead atoms. The average Bonchev–Trinajstić information content (AvgIpc) is 2.33. The number of benzene rings is 1. The van der Waals surface area contributed by atoms with Crippen LogP contribution in [0.25, 0.3) is 11.3 Å². The fourth-order valence-electron chi connectivity index (χ4n) is 1.22. The third-order valence-electron chi connectivity index (χ3n) is 1.87. The number of rotatable bonds is 1. The van der Waals surface area contributed by atoms with Crippen LogP contribution in [0, 0.1) is 11.6 Å². The Morgan fingerprint density at radius 3 is 2.31 bits per heavy atom. The second kappa shape index (κ2) is 5.95. The highest BCUT2D eigenvalue weighted by Gasteiger charge is 2.05. The van der Waals surface area contributed by atoms with E-state index in [0.29, 0.717) is 11.3 Å². The van der Waals surface area contributed by atoms with Crippen molar-refractivity contribution in [2.24, 2.45) is 0 Å². The summed E-state index contributed by atoms with van der Waals surface area (Å²) in [6.07, 6.45) is 1.57. The summed E-state index contributed by atoms with van der Waals surface area (Å²) >= 11 is 0. The standard InChI is InChI=1S/C11H7F2N.C2H6/c12-8-4-5-9(10(13)7-8)11-3-1-2-6-14-11;1-2/h1-7H;1-2H3.